The van der Waals surface area contributed by atoms with Gasteiger partial charge in [0.1, 0.15) is 0 Å². The normalized spacial score (nSPS) is 12.0. The van der Waals surface area contributed by atoms with Crippen molar-refractivity contribution in [3.8, 4) is 0 Å². The van der Waals surface area contributed by atoms with Crippen molar-refractivity contribution in [2.45, 2.75) is 19.2 Å². The van der Waals surface area contributed by atoms with Crippen LogP contribution in [0.25, 0.3) is 0 Å². The number of hydrogen-bond donors (Lipinski definition) is 1. The summed E-state index contributed by atoms with van der Waals surface area (Å²) in [5.74, 6) is 0.00933. The van der Waals surface area contributed by atoms with Crippen molar-refractivity contribution in [1.29, 1.82) is 0 Å². The Bertz CT molecular complexity index is 471. The van der Waals surface area contributed by atoms with Gasteiger partial charge in [0.15, 0.2) is 0 Å². The molecule has 5 nitrogen and oxygen atoms in total. The Hall–Kier alpha value is -0.950. The zero-order valence-electron chi connectivity index (χ0n) is 11.5. The molecule has 0 bridgehead atoms. The topological polar surface area (TPSA) is 72.6 Å². The van der Waals surface area contributed by atoms with Gasteiger partial charge < -0.3 is 10.5 Å². The first-order valence-electron chi connectivity index (χ1n) is 6.28. The summed E-state index contributed by atoms with van der Waals surface area (Å²) in [6.07, 6.45) is 0. The highest BCUT2D eigenvalue weighted by molar-refractivity contribution is 7.88. The Balaban J connectivity index is 2.76. The molecular weight excluding hydrogens is 264 g/mol. The number of rotatable bonds is 8. The Kier molecular flexibility index (Phi) is 6.44. The zero-order chi connectivity index (χ0) is 14.3. The van der Waals surface area contributed by atoms with Crippen LogP contribution in [0, 0.1) is 0 Å². The SMILES string of the molecule is CCN(CCOC)S(=O)(=O)Cc1ccc(CN)cc1. The Labute approximate surface area is 115 Å². The summed E-state index contributed by atoms with van der Waals surface area (Å²) in [5.41, 5.74) is 7.28. The van der Waals surface area contributed by atoms with Crippen molar-refractivity contribution in [3.05, 3.63) is 35.4 Å². The third kappa shape index (κ3) is 4.91. The molecule has 0 saturated heterocycles. The molecule has 1 aromatic rings. The molecule has 19 heavy (non-hydrogen) atoms. The molecule has 0 aliphatic heterocycles. The largest absolute Gasteiger partial charge is 0.383 e. The highest BCUT2D eigenvalue weighted by atomic mass is 32.2. The van der Waals surface area contributed by atoms with E-state index in [9.17, 15) is 8.42 Å². The van der Waals surface area contributed by atoms with Gasteiger partial charge in [-0.15, -0.1) is 0 Å². The molecule has 0 saturated carbocycles. The molecule has 1 aromatic carbocycles. The fourth-order valence-corrected chi connectivity index (χ4v) is 3.30. The van der Waals surface area contributed by atoms with Crippen LogP contribution in [-0.2, 0) is 27.1 Å². The first kappa shape index (κ1) is 16.1. The van der Waals surface area contributed by atoms with E-state index in [0.717, 1.165) is 11.1 Å². The van der Waals surface area contributed by atoms with Crippen LogP contribution in [0.5, 0.6) is 0 Å². The average Bonchev–Trinajstić information content (AvgIpc) is 2.39. The molecule has 0 fully saturated rings. The van der Waals surface area contributed by atoms with E-state index in [-0.39, 0.29) is 5.75 Å². The van der Waals surface area contributed by atoms with Gasteiger partial charge in [-0.25, -0.2) is 8.42 Å². The van der Waals surface area contributed by atoms with E-state index in [1.807, 2.05) is 31.2 Å². The third-order valence-electron chi connectivity index (χ3n) is 2.90. The Morgan fingerprint density at radius 1 is 1.21 bits per heavy atom. The van der Waals surface area contributed by atoms with Crippen molar-refractivity contribution in [2.75, 3.05) is 26.8 Å². The van der Waals surface area contributed by atoms with Gasteiger partial charge in [-0.3, -0.25) is 0 Å². The smallest absolute Gasteiger partial charge is 0.218 e. The molecule has 0 radical (unpaired) electrons. The number of nitrogens with two attached hydrogens (primary N) is 1. The number of sulfonamides is 1. The molecule has 0 unspecified atom stereocenters. The Morgan fingerprint density at radius 2 is 1.79 bits per heavy atom. The summed E-state index contributed by atoms with van der Waals surface area (Å²) in [6, 6.07) is 7.33. The molecular formula is C13H22N2O3S. The van der Waals surface area contributed by atoms with Crippen LogP contribution in [0.4, 0.5) is 0 Å². The third-order valence-corrected chi connectivity index (χ3v) is 4.82. The lowest BCUT2D eigenvalue weighted by Crippen LogP contribution is -2.34. The van der Waals surface area contributed by atoms with Crippen LogP contribution in [0.1, 0.15) is 18.1 Å². The van der Waals surface area contributed by atoms with Gasteiger partial charge in [0.25, 0.3) is 0 Å². The van der Waals surface area contributed by atoms with E-state index in [0.29, 0.717) is 26.2 Å². The van der Waals surface area contributed by atoms with E-state index in [1.54, 1.807) is 7.11 Å². The molecule has 0 spiro atoms. The maximum atomic E-state index is 12.2. The van der Waals surface area contributed by atoms with Gasteiger partial charge >= 0.3 is 0 Å². The van der Waals surface area contributed by atoms with Crippen molar-refractivity contribution >= 4 is 10.0 Å². The summed E-state index contributed by atoms with van der Waals surface area (Å²) in [7, 11) is -1.73. The number of methoxy groups -OCH3 is 1. The van der Waals surface area contributed by atoms with E-state index >= 15 is 0 Å². The van der Waals surface area contributed by atoms with Crippen molar-refractivity contribution in [2.24, 2.45) is 5.73 Å². The first-order valence-corrected chi connectivity index (χ1v) is 7.89. The van der Waals surface area contributed by atoms with E-state index in [1.165, 1.54) is 4.31 Å². The van der Waals surface area contributed by atoms with Gasteiger partial charge in [-0.05, 0) is 11.1 Å². The second kappa shape index (κ2) is 7.59. The standard InChI is InChI=1S/C13H22N2O3S/c1-3-15(8-9-18-2)19(16,17)11-13-6-4-12(10-14)5-7-13/h4-7H,3,8-11,14H2,1-2H3. The Morgan fingerprint density at radius 3 is 2.26 bits per heavy atom. The summed E-state index contributed by atoms with van der Waals surface area (Å²) in [4.78, 5) is 0. The number of nitrogens with zero attached hydrogens (tertiary/aromatic N) is 1. The predicted octanol–water partition coefficient (Wildman–Crippen LogP) is 0.943. The maximum Gasteiger partial charge on any atom is 0.218 e. The van der Waals surface area contributed by atoms with Gasteiger partial charge in [0.05, 0.1) is 12.4 Å². The summed E-state index contributed by atoms with van der Waals surface area (Å²) < 4.78 is 30.8. The van der Waals surface area contributed by atoms with Crippen LogP contribution in [-0.4, -0.2) is 39.5 Å². The van der Waals surface area contributed by atoms with Gasteiger partial charge in [0.2, 0.25) is 10.0 Å². The van der Waals surface area contributed by atoms with Crippen LogP contribution in [0.15, 0.2) is 24.3 Å². The number of hydrogen-bond acceptors (Lipinski definition) is 4. The summed E-state index contributed by atoms with van der Waals surface area (Å²) in [6.45, 7) is 3.52. The molecule has 1 rings (SSSR count). The molecule has 0 heterocycles. The number of benzene rings is 1. The molecule has 2 N–H and O–H groups in total. The van der Waals surface area contributed by atoms with Crippen LogP contribution in [0.2, 0.25) is 0 Å². The summed E-state index contributed by atoms with van der Waals surface area (Å²) in [5, 5.41) is 0. The van der Waals surface area contributed by atoms with E-state index in [2.05, 4.69) is 0 Å². The summed E-state index contributed by atoms with van der Waals surface area (Å²) >= 11 is 0. The lowest BCUT2D eigenvalue weighted by Gasteiger charge is -2.20. The van der Waals surface area contributed by atoms with E-state index < -0.39 is 10.0 Å². The fraction of sp³-hybridized carbons (Fsp3) is 0.538. The molecule has 0 aliphatic rings. The number of ether oxygens (including phenoxy) is 1. The zero-order valence-corrected chi connectivity index (χ0v) is 12.3. The number of likely N-dealkylation sites (N-methyl/N-ethyl adjacent to an activating group) is 1. The highest BCUT2D eigenvalue weighted by Crippen LogP contribution is 2.12. The second-order valence-electron chi connectivity index (χ2n) is 4.26. The first-order chi connectivity index (χ1) is 9.03. The van der Waals surface area contributed by atoms with Gasteiger partial charge in [0, 0.05) is 26.7 Å². The quantitative estimate of drug-likeness (QED) is 0.772. The molecule has 0 amide bonds. The van der Waals surface area contributed by atoms with Crippen molar-refractivity contribution in [3.63, 3.8) is 0 Å². The predicted molar refractivity (Wildman–Crippen MR) is 76.1 cm³/mol. The van der Waals surface area contributed by atoms with Crippen molar-refractivity contribution in [1.82, 2.24) is 4.31 Å². The minimum absolute atomic E-state index is 0.00933. The molecule has 0 aliphatic carbocycles. The fourth-order valence-electron chi connectivity index (χ4n) is 1.76. The lowest BCUT2D eigenvalue weighted by molar-refractivity contribution is 0.180. The molecule has 0 aromatic heterocycles. The highest BCUT2D eigenvalue weighted by Gasteiger charge is 2.20. The molecule has 0 atom stereocenters. The van der Waals surface area contributed by atoms with Crippen LogP contribution in [0.3, 0.4) is 0 Å². The minimum atomic E-state index is -3.30. The van der Waals surface area contributed by atoms with E-state index in [4.69, 9.17) is 10.5 Å². The van der Waals surface area contributed by atoms with Crippen molar-refractivity contribution < 1.29 is 13.2 Å². The van der Waals surface area contributed by atoms with Crippen LogP contribution < -0.4 is 5.73 Å². The average molecular weight is 286 g/mol. The molecule has 6 heteroatoms. The maximum absolute atomic E-state index is 12.2. The van der Waals surface area contributed by atoms with Gasteiger partial charge in [-0.2, -0.15) is 4.31 Å². The second-order valence-corrected chi connectivity index (χ2v) is 6.23. The minimum Gasteiger partial charge on any atom is -0.383 e. The monoisotopic (exact) mass is 286 g/mol. The van der Waals surface area contributed by atoms with Crippen LogP contribution >= 0.6 is 0 Å². The molecule has 108 valence electrons. The lowest BCUT2D eigenvalue weighted by atomic mass is 10.1. The van der Waals surface area contributed by atoms with Gasteiger partial charge in [-0.1, -0.05) is 31.2 Å².